The summed E-state index contributed by atoms with van der Waals surface area (Å²) in [7, 11) is -1.10. The van der Waals surface area contributed by atoms with Crippen LogP contribution in [-0.4, -0.2) is 49.8 Å². The molecule has 3 heterocycles. The number of benzene rings is 1. The van der Waals surface area contributed by atoms with E-state index in [1.54, 1.807) is 0 Å². The number of anilines is 2. The van der Waals surface area contributed by atoms with E-state index in [0.29, 0.717) is 29.4 Å². The second-order valence-electron chi connectivity index (χ2n) is 10.3. The van der Waals surface area contributed by atoms with Crippen LogP contribution in [0.3, 0.4) is 0 Å². The molecule has 176 valence electrons. The van der Waals surface area contributed by atoms with Gasteiger partial charge in [0.2, 0.25) is 5.95 Å². The molecule has 3 fully saturated rings. The number of hydrogen-bond donors (Lipinski definition) is 2. The lowest BCUT2D eigenvalue weighted by molar-refractivity contribution is 0.143. The second-order valence-corrected chi connectivity index (χ2v) is 12.2. The number of nitrogens with one attached hydrogen (secondary N) is 1. The summed E-state index contributed by atoms with van der Waals surface area (Å²) in [6.07, 6.45) is 7.98. The van der Waals surface area contributed by atoms with Crippen LogP contribution in [0.15, 0.2) is 29.2 Å². The molecule has 4 unspecified atom stereocenters. The minimum atomic E-state index is -1.10. The van der Waals surface area contributed by atoms with Crippen molar-refractivity contribution in [3.05, 3.63) is 40.5 Å². The normalized spacial score (nSPS) is 29.9. The zero-order valence-electron chi connectivity index (χ0n) is 18.8. The molecule has 2 bridgehead atoms. The van der Waals surface area contributed by atoms with Gasteiger partial charge in [-0.25, -0.2) is 4.98 Å². The van der Waals surface area contributed by atoms with Crippen molar-refractivity contribution in [1.82, 2.24) is 9.97 Å². The van der Waals surface area contributed by atoms with Crippen molar-refractivity contribution in [3.63, 3.8) is 0 Å². The fraction of sp³-hybridized carbons (Fsp3) is 0.600. The number of nitrogens with zero attached hydrogens (tertiary/aromatic N) is 3. The van der Waals surface area contributed by atoms with E-state index < -0.39 is 10.8 Å². The maximum atomic E-state index is 13.1. The monoisotopic (exact) mass is 486 g/mol. The van der Waals surface area contributed by atoms with Gasteiger partial charge in [0.15, 0.2) is 0 Å². The van der Waals surface area contributed by atoms with Crippen molar-refractivity contribution in [3.8, 4) is 0 Å². The van der Waals surface area contributed by atoms with Crippen molar-refractivity contribution < 1.29 is 9.32 Å². The van der Waals surface area contributed by atoms with Gasteiger partial charge in [0.1, 0.15) is 10.7 Å². The highest BCUT2D eigenvalue weighted by Crippen LogP contribution is 2.49. The number of halogens is 1. The molecule has 4 atom stereocenters. The Morgan fingerprint density at radius 2 is 1.97 bits per heavy atom. The van der Waals surface area contributed by atoms with Gasteiger partial charge >= 0.3 is 0 Å². The SMILES string of the molecule is O=S1CCCCc2nc(N3CC4CC3CC4c3ccc(Cl)cc3)nc(NC3(CO)CCC3)c21. The maximum Gasteiger partial charge on any atom is 0.227 e. The second kappa shape index (κ2) is 8.51. The van der Waals surface area contributed by atoms with E-state index in [4.69, 9.17) is 21.6 Å². The molecule has 2 aliphatic heterocycles. The number of fused-ring (bicyclic) bond motifs is 3. The molecule has 6 nitrogen and oxygen atoms in total. The maximum absolute atomic E-state index is 13.1. The van der Waals surface area contributed by atoms with E-state index in [9.17, 15) is 9.32 Å². The highest BCUT2D eigenvalue weighted by molar-refractivity contribution is 7.85. The molecule has 6 rings (SSSR count). The summed E-state index contributed by atoms with van der Waals surface area (Å²) in [5.74, 6) is 3.26. The number of hydrogen-bond acceptors (Lipinski definition) is 6. The molecule has 4 aliphatic rings. The highest BCUT2D eigenvalue weighted by atomic mass is 35.5. The van der Waals surface area contributed by atoms with Crippen molar-refractivity contribution in [2.75, 3.05) is 29.1 Å². The Hall–Kier alpha value is -1.70. The van der Waals surface area contributed by atoms with Crippen LogP contribution < -0.4 is 10.2 Å². The third kappa shape index (κ3) is 3.86. The van der Waals surface area contributed by atoms with E-state index in [1.807, 2.05) is 12.1 Å². The molecule has 1 aromatic carbocycles. The summed E-state index contributed by atoms with van der Waals surface area (Å²) < 4.78 is 13.1. The number of aliphatic hydroxyl groups is 1. The molecule has 2 N–H and O–H groups in total. The highest BCUT2D eigenvalue weighted by Gasteiger charge is 2.46. The molecule has 33 heavy (non-hydrogen) atoms. The van der Waals surface area contributed by atoms with E-state index >= 15 is 0 Å². The molecule has 2 saturated carbocycles. The molecular weight excluding hydrogens is 456 g/mol. The predicted octanol–water partition coefficient (Wildman–Crippen LogP) is 4.28. The average Bonchev–Trinajstić information content (AvgIpc) is 3.35. The predicted molar refractivity (Wildman–Crippen MR) is 132 cm³/mol. The van der Waals surface area contributed by atoms with E-state index in [1.165, 1.54) is 5.56 Å². The van der Waals surface area contributed by atoms with Crippen LogP contribution in [0.1, 0.15) is 62.1 Å². The molecule has 8 heteroatoms. The van der Waals surface area contributed by atoms with Crippen molar-refractivity contribution in [1.29, 1.82) is 0 Å². The van der Waals surface area contributed by atoms with E-state index in [0.717, 1.165) is 79.5 Å². The first-order valence-corrected chi connectivity index (χ1v) is 14.0. The first-order valence-electron chi connectivity index (χ1n) is 12.3. The molecule has 2 aromatic rings. The molecule has 1 aromatic heterocycles. The summed E-state index contributed by atoms with van der Waals surface area (Å²) in [5.41, 5.74) is 1.98. The Kier molecular flexibility index (Phi) is 5.62. The fourth-order valence-electron chi connectivity index (χ4n) is 6.23. The van der Waals surface area contributed by atoms with Crippen LogP contribution in [0, 0.1) is 5.92 Å². The van der Waals surface area contributed by atoms with Gasteiger partial charge in [-0.05, 0) is 80.9 Å². The number of piperidine rings is 1. The summed E-state index contributed by atoms with van der Waals surface area (Å²) in [5, 5.41) is 14.4. The van der Waals surface area contributed by atoms with Crippen LogP contribution in [0.2, 0.25) is 5.02 Å². The lowest BCUT2D eigenvalue weighted by atomic mass is 9.77. The molecular formula is C25H31ClN4O2S. The summed E-state index contributed by atoms with van der Waals surface area (Å²) >= 11 is 6.10. The van der Waals surface area contributed by atoms with Gasteiger partial charge in [-0.3, -0.25) is 4.21 Å². The van der Waals surface area contributed by atoms with E-state index in [-0.39, 0.29) is 12.1 Å². The first kappa shape index (κ1) is 21.8. The van der Waals surface area contributed by atoms with Crippen molar-refractivity contribution in [2.24, 2.45) is 5.92 Å². The Bertz CT molecular complexity index is 1070. The standard InChI is InChI=1S/C25H31ClN4O2S/c26-18-7-5-16(6-8-18)20-13-19-12-17(20)14-30(19)24-27-21-4-1-2-11-33(32)22(21)23(28-24)29-25(15-31)9-3-10-25/h5-8,17,19-20,31H,1-4,9-15H2,(H,27,28,29). The first-order chi connectivity index (χ1) is 16.0. The number of aromatic nitrogens is 2. The Morgan fingerprint density at radius 1 is 1.15 bits per heavy atom. The van der Waals surface area contributed by atoms with Gasteiger partial charge in [0.25, 0.3) is 0 Å². The van der Waals surface area contributed by atoms with Crippen molar-refractivity contribution in [2.45, 2.75) is 73.8 Å². The minimum Gasteiger partial charge on any atom is -0.394 e. The number of aliphatic hydroxyl groups excluding tert-OH is 1. The topological polar surface area (TPSA) is 78.4 Å². The zero-order valence-corrected chi connectivity index (χ0v) is 20.4. The Labute approximate surface area is 202 Å². The quantitative estimate of drug-likeness (QED) is 0.656. The van der Waals surface area contributed by atoms with Crippen LogP contribution >= 0.6 is 11.6 Å². The van der Waals surface area contributed by atoms with Gasteiger partial charge in [0, 0.05) is 23.4 Å². The lowest BCUT2D eigenvalue weighted by Crippen LogP contribution is -2.49. The fourth-order valence-corrected chi connectivity index (χ4v) is 7.75. The average molecular weight is 487 g/mol. The Balaban J connectivity index is 1.31. The van der Waals surface area contributed by atoms with Crippen molar-refractivity contribution >= 4 is 34.2 Å². The van der Waals surface area contributed by atoms with Gasteiger partial charge in [-0.2, -0.15) is 4.98 Å². The van der Waals surface area contributed by atoms with Gasteiger partial charge in [-0.15, -0.1) is 0 Å². The minimum absolute atomic E-state index is 0.0743. The van der Waals surface area contributed by atoms with Crippen LogP contribution in [0.5, 0.6) is 0 Å². The molecule has 0 spiro atoms. The van der Waals surface area contributed by atoms with Crippen LogP contribution in [0.4, 0.5) is 11.8 Å². The number of rotatable bonds is 5. The van der Waals surface area contributed by atoms with Gasteiger partial charge in [0.05, 0.1) is 28.6 Å². The molecule has 0 radical (unpaired) electrons. The van der Waals surface area contributed by atoms with Gasteiger partial charge in [-0.1, -0.05) is 23.7 Å². The lowest BCUT2D eigenvalue weighted by Gasteiger charge is -2.42. The smallest absolute Gasteiger partial charge is 0.227 e. The van der Waals surface area contributed by atoms with Gasteiger partial charge < -0.3 is 15.3 Å². The molecule has 1 saturated heterocycles. The molecule has 2 aliphatic carbocycles. The number of aryl methyl sites for hydroxylation is 1. The third-order valence-electron chi connectivity index (χ3n) is 8.24. The zero-order chi connectivity index (χ0) is 22.6. The van der Waals surface area contributed by atoms with Crippen LogP contribution in [0.25, 0.3) is 0 Å². The summed E-state index contributed by atoms with van der Waals surface area (Å²) in [6.45, 7) is 1.02. The molecule has 0 amide bonds. The largest absolute Gasteiger partial charge is 0.394 e. The Morgan fingerprint density at radius 3 is 2.64 bits per heavy atom. The van der Waals surface area contributed by atoms with Crippen LogP contribution in [-0.2, 0) is 17.2 Å². The summed E-state index contributed by atoms with van der Waals surface area (Å²) in [4.78, 5) is 13.1. The summed E-state index contributed by atoms with van der Waals surface area (Å²) in [6, 6.07) is 8.74. The third-order valence-corrected chi connectivity index (χ3v) is 10.0. The van der Waals surface area contributed by atoms with E-state index in [2.05, 4.69) is 22.3 Å².